The van der Waals surface area contributed by atoms with Crippen LogP contribution in [0.15, 0.2) is 34.7 Å². The van der Waals surface area contributed by atoms with Crippen molar-refractivity contribution in [3.05, 3.63) is 41.8 Å². The number of nitrogens with one attached hydrogen (secondary N) is 1. The summed E-state index contributed by atoms with van der Waals surface area (Å²) in [5.41, 5.74) is 1.41. The molecule has 0 spiro atoms. The van der Waals surface area contributed by atoms with Gasteiger partial charge in [0.25, 0.3) is 0 Å². The summed E-state index contributed by atoms with van der Waals surface area (Å²) in [6, 6.07) is 9.13. The highest BCUT2D eigenvalue weighted by Gasteiger charge is 2.34. The number of hydrogen-bond acceptors (Lipinski definition) is 6. The molecule has 1 aromatic carbocycles. The molecular formula is C19H25N3O5S. The number of oxazole rings is 1. The molecule has 1 aliphatic heterocycles. The number of aryl methyl sites for hydroxylation is 1. The zero-order valence-corrected chi connectivity index (χ0v) is 17.0. The fraction of sp³-hybridized carbons (Fsp3) is 0.474. The van der Waals surface area contributed by atoms with Gasteiger partial charge in [0.05, 0.1) is 37.1 Å². The highest BCUT2D eigenvalue weighted by Crippen LogP contribution is 2.22. The number of ether oxygens (including phenoxy) is 1. The minimum atomic E-state index is -3.37. The summed E-state index contributed by atoms with van der Waals surface area (Å²) in [7, 11) is -0.376. The first kappa shape index (κ1) is 20.5. The summed E-state index contributed by atoms with van der Waals surface area (Å²) in [5, 5.41) is 2.89. The second-order valence-corrected chi connectivity index (χ2v) is 9.32. The highest BCUT2D eigenvalue weighted by molar-refractivity contribution is 7.89. The van der Waals surface area contributed by atoms with Crippen molar-refractivity contribution >= 4 is 15.9 Å². The molecule has 2 heterocycles. The monoisotopic (exact) mass is 407 g/mol. The molecule has 0 bridgehead atoms. The molecule has 0 aliphatic carbocycles. The Morgan fingerprint density at radius 2 is 1.96 bits per heavy atom. The lowest BCUT2D eigenvalue weighted by Crippen LogP contribution is -2.44. The van der Waals surface area contributed by atoms with Crippen LogP contribution in [-0.2, 0) is 26.0 Å². The molecule has 2 aromatic rings. The topological polar surface area (TPSA) is 102 Å². The predicted octanol–water partition coefficient (Wildman–Crippen LogP) is 1.22. The van der Waals surface area contributed by atoms with Gasteiger partial charge in [0.15, 0.2) is 0 Å². The van der Waals surface area contributed by atoms with Crippen molar-refractivity contribution in [1.29, 1.82) is 0 Å². The molecule has 2 atom stereocenters. The molecule has 8 nitrogen and oxygen atoms in total. The third-order valence-electron chi connectivity index (χ3n) is 4.77. The van der Waals surface area contributed by atoms with E-state index in [-0.39, 0.29) is 30.0 Å². The summed E-state index contributed by atoms with van der Waals surface area (Å²) in [6.07, 6.45) is 0.0613. The zero-order valence-electron chi connectivity index (χ0n) is 16.2. The quantitative estimate of drug-likeness (QED) is 0.740. The first-order valence-corrected chi connectivity index (χ1v) is 10.7. The Balaban J connectivity index is 1.63. The molecule has 9 heteroatoms. The van der Waals surface area contributed by atoms with Crippen LogP contribution < -0.4 is 5.32 Å². The van der Waals surface area contributed by atoms with Gasteiger partial charge >= 0.3 is 0 Å². The third-order valence-corrected chi connectivity index (χ3v) is 6.73. The standard InChI is InChI=1S/C19H25N3O5S/c1-13-16(21-19(27-13)14-7-5-4-6-8-14)9-18(23)20-17-11-26-10-15(17)12-28(24,25)22(2)3/h4-8,15,17H,9-12H2,1-3H3,(H,20,23)/t15-,17-/m0/s1. The Kier molecular flexibility index (Phi) is 6.17. The Morgan fingerprint density at radius 3 is 2.64 bits per heavy atom. The first-order valence-electron chi connectivity index (χ1n) is 9.05. The van der Waals surface area contributed by atoms with Gasteiger partial charge in [0.2, 0.25) is 21.8 Å². The summed E-state index contributed by atoms with van der Waals surface area (Å²) < 4.78 is 36.5. The van der Waals surface area contributed by atoms with Gasteiger partial charge in [-0.25, -0.2) is 17.7 Å². The van der Waals surface area contributed by atoms with Gasteiger partial charge in [0.1, 0.15) is 5.76 Å². The molecule has 152 valence electrons. The van der Waals surface area contributed by atoms with Crippen LogP contribution in [0.25, 0.3) is 11.5 Å². The highest BCUT2D eigenvalue weighted by atomic mass is 32.2. The van der Waals surface area contributed by atoms with E-state index in [4.69, 9.17) is 9.15 Å². The Morgan fingerprint density at radius 1 is 1.25 bits per heavy atom. The van der Waals surface area contributed by atoms with Gasteiger partial charge in [-0.1, -0.05) is 18.2 Å². The number of sulfonamides is 1. The summed E-state index contributed by atoms with van der Waals surface area (Å²) >= 11 is 0. The average molecular weight is 407 g/mol. The fourth-order valence-electron chi connectivity index (χ4n) is 3.05. The molecular weight excluding hydrogens is 382 g/mol. The first-order chi connectivity index (χ1) is 13.3. The van der Waals surface area contributed by atoms with Gasteiger partial charge in [-0.3, -0.25) is 4.79 Å². The molecule has 0 unspecified atom stereocenters. The third kappa shape index (κ3) is 4.78. The van der Waals surface area contributed by atoms with Crippen LogP contribution in [0.4, 0.5) is 0 Å². The molecule has 1 N–H and O–H groups in total. The lowest BCUT2D eigenvalue weighted by molar-refractivity contribution is -0.121. The second kappa shape index (κ2) is 8.42. The van der Waals surface area contributed by atoms with Crippen molar-refractivity contribution in [1.82, 2.24) is 14.6 Å². The Hall–Kier alpha value is -2.23. The van der Waals surface area contributed by atoms with Crippen molar-refractivity contribution in [3.63, 3.8) is 0 Å². The van der Waals surface area contributed by atoms with Crippen LogP contribution in [0.5, 0.6) is 0 Å². The lowest BCUT2D eigenvalue weighted by Gasteiger charge is -2.20. The zero-order chi connectivity index (χ0) is 20.3. The van der Waals surface area contributed by atoms with Crippen LogP contribution in [0, 0.1) is 12.8 Å². The number of hydrogen-bond donors (Lipinski definition) is 1. The van der Waals surface area contributed by atoms with E-state index in [1.54, 1.807) is 6.92 Å². The van der Waals surface area contributed by atoms with Crippen molar-refractivity contribution < 1.29 is 22.4 Å². The minimum Gasteiger partial charge on any atom is -0.441 e. The van der Waals surface area contributed by atoms with Gasteiger partial charge in [-0.2, -0.15) is 0 Å². The normalized spacial score (nSPS) is 19.9. The van der Waals surface area contributed by atoms with Gasteiger partial charge < -0.3 is 14.5 Å². The van der Waals surface area contributed by atoms with Crippen molar-refractivity contribution in [2.24, 2.45) is 5.92 Å². The van der Waals surface area contributed by atoms with E-state index in [0.29, 0.717) is 30.6 Å². The average Bonchev–Trinajstić information content (AvgIpc) is 3.22. The molecule has 28 heavy (non-hydrogen) atoms. The molecule has 1 amide bonds. The number of rotatable bonds is 7. The number of amides is 1. The summed E-state index contributed by atoms with van der Waals surface area (Å²) in [6.45, 7) is 2.37. The van der Waals surface area contributed by atoms with E-state index in [1.165, 1.54) is 18.4 Å². The van der Waals surface area contributed by atoms with Crippen LogP contribution in [0.2, 0.25) is 0 Å². The van der Waals surface area contributed by atoms with Crippen LogP contribution in [0.3, 0.4) is 0 Å². The van der Waals surface area contributed by atoms with Crippen molar-refractivity contribution in [2.45, 2.75) is 19.4 Å². The van der Waals surface area contributed by atoms with Gasteiger partial charge in [0, 0.05) is 25.6 Å². The molecule has 0 radical (unpaired) electrons. The number of carbonyl (C=O) groups excluding carboxylic acids is 1. The summed E-state index contributed by atoms with van der Waals surface area (Å²) in [5.74, 6) is 0.475. The fourth-order valence-corrected chi connectivity index (χ4v) is 4.22. The number of nitrogens with zero attached hydrogens (tertiary/aromatic N) is 2. The Bertz CT molecular complexity index is 924. The predicted molar refractivity (Wildman–Crippen MR) is 104 cm³/mol. The van der Waals surface area contributed by atoms with Crippen LogP contribution in [-0.4, -0.2) is 62.7 Å². The molecule has 1 fully saturated rings. The molecule has 0 saturated carbocycles. The molecule has 3 rings (SSSR count). The largest absolute Gasteiger partial charge is 0.441 e. The maximum atomic E-state index is 12.5. The van der Waals surface area contributed by atoms with Crippen molar-refractivity contribution in [2.75, 3.05) is 33.1 Å². The minimum absolute atomic E-state index is 0.0613. The molecule has 1 saturated heterocycles. The SMILES string of the molecule is Cc1oc(-c2ccccc2)nc1CC(=O)N[C@H]1COC[C@H]1CS(=O)(=O)N(C)C. The Labute approximate surface area is 164 Å². The smallest absolute Gasteiger partial charge is 0.226 e. The van der Waals surface area contributed by atoms with E-state index in [1.807, 2.05) is 30.3 Å². The summed E-state index contributed by atoms with van der Waals surface area (Å²) in [4.78, 5) is 16.9. The molecule has 1 aromatic heterocycles. The van der Waals surface area contributed by atoms with E-state index in [0.717, 1.165) is 5.56 Å². The maximum Gasteiger partial charge on any atom is 0.226 e. The van der Waals surface area contributed by atoms with E-state index in [2.05, 4.69) is 10.3 Å². The maximum absolute atomic E-state index is 12.5. The van der Waals surface area contributed by atoms with Crippen LogP contribution >= 0.6 is 0 Å². The second-order valence-electron chi connectivity index (χ2n) is 7.10. The van der Waals surface area contributed by atoms with Crippen molar-refractivity contribution in [3.8, 4) is 11.5 Å². The van der Waals surface area contributed by atoms with Gasteiger partial charge in [-0.05, 0) is 19.1 Å². The number of carbonyl (C=O) groups is 1. The molecule has 1 aliphatic rings. The van der Waals surface area contributed by atoms with E-state index in [9.17, 15) is 13.2 Å². The van der Waals surface area contributed by atoms with E-state index < -0.39 is 10.0 Å². The van der Waals surface area contributed by atoms with Crippen LogP contribution in [0.1, 0.15) is 11.5 Å². The lowest BCUT2D eigenvalue weighted by atomic mass is 10.1. The van der Waals surface area contributed by atoms with Gasteiger partial charge in [-0.15, -0.1) is 0 Å². The number of aromatic nitrogens is 1. The van der Waals surface area contributed by atoms with E-state index >= 15 is 0 Å². The number of benzene rings is 1.